The number of aliphatic imine (C=N–C) groups is 1. The molecule has 0 bridgehead atoms. The van der Waals surface area contributed by atoms with Gasteiger partial charge in [-0.25, -0.2) is 9.98 Å². The number of aromatic nitrogens is 1. The lowest BCUT2D eigenvalue weighted by Crippen LogP contribution is -2.26. The Labute approximate surface area is 80.3 Å². The van der Waals surface area contributed by atoms with Gasteiger partial charge in [0.05, 0.1) is 11.9 Å². The molecule has 1 heterocycles. The maximum atomic E-state index is 8.47. The molecule has 0 radical (unpaired) electrons. The SMILES string of the molecule is N#CNC(N)=Nc1ccc(C#N)nc1. The van der Waals surface area contributed by atoms with Gasteiger partial charge in [0.2, 0.25) is 5.96 Å². The summed E-state index contributed by atoms with van der Waals surface area (Å²) >= 11 is 0. The van der Waals surface area contributed by atoms with Crippen LogP contribution in [0.25, 0.3) is 0 Å². The molecule has 0 unspecified atom stereocenters. The van der Waals surface area contributed by atoms with Gasteiger partial charge >= 0.3 is 0 Å². The number of pyridine rings is 1. The van der Waals surface area contributed by atoms with Crippen LogP contribution in [0.2, 0.25) is 0 Å². The Balaban J connectivity index is 2.85. The van der Waals surface area contributed by atoms with Gasteiger partial charge in [-0.3, -0.25) is 5.32 Å². The average molecular weight is 186 g/mol. The minimum absolute atomic E-state index is 0.0148. The van der Waals surface area contributed by atoms with Crippen molar-refractivity contribution in [3.8, 4) is 12.3 Å². The third kappa shape index (κ3) is 2.47. The Bertz CT molecular complexity index is 419. The third-order valence-corrected chi connectivity index (χ3v) is 1.30. The molecule has 3 N–H and O–H groups in total. The second kappa shape index (κ2) is 4.43. The molecule has 0 atom stereocenters. The Kier molecular flexibility index (Phi) is 3.00. The van der Waals surface area contributed by atoms with Crippen LogP contribution in [0.4, 0.5) is 5.69 Å². The van der Waals surface area contributed by atoms with Gasteiger partial charge in [0.15, 0.2) is 6.19 Å². The molecule has 1 aromatic heterocycles. The minimum atomic E-state index is -0.0148. The first-order chi connectivity index (χ1) is 6.76. The normalized spacial score (nSPS) is 10.0. The van der Waals surface area contributed by atoms with Crippen LogP contribution in [0.15, 0.2) is 23.3 Å². The predicted octanol–water partition coefficient (Wildman–Crippen LogP) is -0.0298. The van der Waals surface area contributed by atoms with Crippen molar-refractivity contribution in [3.63, 3.8) is 0 Å². The van der Waals surface area contributed by atoms with E-state index in [0.29, 0.717) is 11.4 Å². The van der Waals surface area contributed by atoms with Crippen LogP contribution in [0.5, 0.6) is 0 Å². The molecule has 1 rings (SSSR count). The van der Waals surface area contributed by atoms with Crippen molar-refractivity contribution in [2.45, 2.75) is 0 Å². The molecule has 0 saturated heterocycles. The van der Waals surface area contributed by atoms with Crippen LogP contribution < -0.4 is 11.1 Å². The van der Waals surface area contributed by atoms with E-state index in [4.69, 9.17) is 16.3 Å². The Morgan fingerprint density at radius 2 is 2.29 bits per heavy atom. The number of nitrogens with one attached hydrogen (secondary N) is 1. The largest absolute Gasteiger partial charge is 0.369 e. The van der Waals surface area contributed by atoms with Gasteiger partial charge in [0.1, 0.15) is 11.8 Å². The highest BCUT2D eigenvalue weighted by molar-refractivity contribution is 5.81. The molecule has 0 aliphatic carbocycles. The summed E-state index contributed by atoms with van der Waals surface area (Å²) in [6.45, 7) is 0. The van der Waals surface area contributed by atoms with E-state index in [9.17, 15) is 0 Å². The van der Waals surface area contributed by atoms with Gasteiger partial charge < -0.3 is 5.73 Å². The van der Waals surface area contributed by atoms with Crippen molar-refractivity contribution >= 4 is 11.6 Å². The average Bonchev–Trinajstić information content (AvgIpc) is 2.19. The highest BCUT2D eigenvalue weighted by Gasteiger charge is 1.94. The fourth-order valence-electron chi connectivity index (χ4n) is 0.743. The molecule has 0 amide bonds. The summed E-state index contributed by atoms with van der Waals surface area (Å²) in [5, 5.41) is 18.8. The highest BCUT2D eigenvalue weighted by Crippen LogP contribution is 2.08. The van der Waals surface area contributed by atoms with E-state index in [2.05, 4.69) is 15.3 Å². The molecule has 0 aliphatic heterocycles. The standard InChI is InChI=1S/C8H6N6/c9-3-6-1-2-7(4-12-6)14-8(11)13-5-10/h1-2,4H,(H3,11,13,14). The molecule has 14 heavy (non-hydrogen) atoms. The summed E-state index contributed by atoms with van der Waals surface area (Å²) in [6, 6.07) is 4.97. The molecule has 1 aromatic rings. The van der Waals surface area contributed by atoms with Gasteiger partial charge in [0, 0.05) is 0 Å². The zero-order chi connectivity index (χ0) is 10.4. The quantitative estimate of drug-likeness (QED) is 0.277. The Morgan fingerprint density at radius 1 is 1.50 bits per heavy atom. The molecule has 68 valence electrons. The van der Waals surface area contributed by atoms with Gasteiger partial charge in [-0.2, -0.15) is 10.5 Å². The van der Waals surface area contributed by atoms with E-state index in [1.807, 2.05) is 6.07 Å². The molecule has 6 heteroatoms. The summed E-state index contributed by atoms with van der Waals surface area (Å²) in [5.74, 6) is -0.0148. The van der Waals surface area contributed by atoms with Crippen LogP contribution in [0.3, 0.4) is 0 Å². The van der Waals surface area contributed by atoms with Crippen molar-refractivity contribution in [2.75, 3.05) is 0 Å². The van der Waals surface area contributed by atoms with Crippen molar-refractivity contribution in [2.24, 2.45) is 10.7 Å². The van der Waals surface area contributed by atoms with E-state index in [0.717, 1.165) is 0 Å². The number of hydrogen-bond donors (Lipinski definition) is 2. The van der Waals surface area contributed by atoms with E-state index < -0.39 is 0 Å². The fourth-order valence-corrected chi connectivity index (χ4v) is 0.743. The summed E-state index contributed by atoms with van der Waals surface area (Å²) in [6.07, 6.45) is 3.03. The second-order valence-corrected chi connectivity index (χ2v) is 2.25. The lowest BCUT2D eigenvalue weighted by molar-refractivity contribution is 1.20. The molecular formula is C8H6N6. The number of nitrogens with zero attached hydrogens (tertiary/aromatic N) is 4. The molecule has 0 aliphatic rings. The van der Waals surface area contributed by atoms with Crippen molar-refractivity contribution in [1.29, 1.82) is 10.5 Å². The van der Waals surface area contributed by atoms with Crippen LogP contribution in [0, 0.1) is 22.8 Å². The molecule has 0 spiro atoms. The second-order valence-electron chi connectivity index (χ2n) is 2.25. The van der Waals surface area contributed by atoms with Gasteiger partial charge in [-0.1, -0.05) is 0 Å². The monoisotopic (exact) mass is 186 g/mol. The summed E-state index contributed by atoms with van der Waals surface area (Å²) in [4.78, 5) is 7.59. The number of hydrogen-bond acceptors (Lipinski definition) is 4. The third-order valence-electron chi connectivity index (χ3n) is 1.30. The minimum Gasteiger partial charge on any atom is -0.369 e. The predicted molar refractivity (Wildman–Crippen MR) is 49.0 cm³/mol. The van der Waals surface area contributed by atoms with E-state index in [-0.39, 0.29) is 5.96 Å². The van der Waals surface area contributed by atoms with E-state index in [1.54, 1.807) is 12.3 Å². The molecule has 0 saturated carbocycles. The molecule has 0 fully saturated rings. The van der Waals surface area contributed by atoms with Crippen LogP contribution in [0.1, 0.15) is 5.69 Å². The molecular weight excluding hydrogens is 180 g/mol. The van der Waals surface area contributed by atoms with Crippen molar-refractivity contribution in [1.82, 2.24) is 10.3 Å². The number of nitriles is 2. The topological polar surface area (TPSA) is 111 Å². The maximum absolute atomic E-state index is 8.47. The van der Waals surface area contributed by atoms with E-state index in [1.165, 1.54) is 12.3 Å². The maximum Gasteiger partial charge on any atom is 0.207 e. The zero-order valence-corrected chi connectivity index (χ0v) is 7.10. The number of guanidine groups is 1. The first-order valence-corrected chi connectivity index (χ1v) is 3.61. The lowest BCUT2D eigenvalue weighted by Gasteiger charge is -1.95. The van der Waals surface area contributed by atoms with Crippen molar-refractivity contribution < 1.29 is 0 Å². The number of rotatable bonds is 1. The van der Waals surface area contributed by atoms with Gasteiger partial charge in [-0.15, -0.1) is 0 Å². The Hall–Kier alpha value is -2.60. The number of nitrogens with two attached hydrogens (primary N) is 1. The van der Waals surface area contributed by atoms with Gasteiger partial charge in [0.25, 0.3) is 0 Å². The first kappa shape index (κ1) is 9.49. The fraction of sp³-hybridized carbons (Fsp3) is 0. The lowest BCUT2D eigenvalue weighted by atomic mass is 10.3. The van der Waals surface area contributed by atoms with Crippen molar-refractivity contribution in [3.05, 3.63) is 24.0 Å². The van der Waals surface area contributed by atoms with E-state index >= 15 is 0 Å². The Morgan fingerprint density at radius 3 is 2.79 bits per heavy atom. The van der Waals surface area contributed by atoms with Crippen LogP contribution in [-0.2, 0) is 0 Å². The summed E-state index contributed by atoms with van der Waals surface area (Å²) in [5.41, 5.74) is 6.09. The van der Waals surface area contributed by atoms with Crippen LogP contribution >= 0.6 is 0 Å². The first-order valence-electron chi connectivity index (χ1n) is 3.61. The van der Waals surface area contributed by atoms with Gasteiger partial charge in [-0.05, 0) is 12.1 Å². The summed E-state index contributed by atoms with van der Waals surface area (Å²) < 4.78 is 0. The zero-order valence-electron chi connectivity index (χ0n) is 7.10. The molecule has 6 nitrogen and oxygen atoms in total. The van der Waals surface area contributed by atoms with Crippen LogP contribution in [-0.4, -0.2) is 10.9 Å². The summed E-state index contributed by atoms with van der Waals surface area (Å²) in [7, 11) is 0. The molecule has 0 aromatic carbocycles. The smallest absolute Gasteiger partial charge is 0.207 e. The highest BCUT2D eigenvalue weighted by atomic mass is 15.1.